The third kappa shape index (κ3) is 3.60. The summed E-state index contributed by atoms with van der Waals surface area (Å²) in [6, 6.07) is 7.99. The highest BCUT2D eigenvalue weighted by atomic mass is 32.1. The van der Waals surface area contributed by atoms with E-state index >= 15 is 0 Å². The van der Waals surface area contributed by atoms with Gasteiger partial charge in [-0.05, 0) is 37.3 Å². The predicted molar refractivity (Wildman–Crippen MR) is 98.7 cm³/mol. The van der Waals surface area contributed by atoms with Crippen molar-refractivity contribution in [1.29, 1.82) is 0 Å². The van der Waals surface area contributed by atoms with Gasteiger partial charge < -0.3 is 5.32 Å². The van der Waals surface area contributed by atoms with Crippen molar-refractivity contribution >= 4 is 17.3 Å². The molecule has 0 fully saturated rings. The summed E-state index contributed by atoms with van der Waals surface area (Å²) in [4.78, 5) is 13.2. The summed E-state index contributed by atoms with van der Waals surface area (Å²) in [6.45, 7) is 2.55. The minimum Gasteiger partial charge on any atom is -0.348 e. The number of thiazole rings is 1. The Balaban J connectivity index is 1.52. The number of nitrogens with zero attached hydrogens (tertiary/aromatic N) is 5. The Bertz CT molecular complexity index is 1020. The largest absolute Gasteiger partial charge is 0.348 e. The first-order chi connectivity index (χ1) is 12.7. The van der Waals surface area contributed by atoms with Crippen molar-refractivity contribution in [3.05, 3.63) is 70.8 Å². The van der Waals surface area contributed by atoms with E-state index in [0.29, 0.717) is 12.5 Å². The molecule has 26 heavy (non-hydrogen) atoms. The van der Waals surface area contributed by atoms with Crippen molar-refractivity contribution in [2.75, 3.05) is 5.32 Å². The predicted octanol–water partition coefficient (Wildman–Crippen LogP) is 3.85. The van der Waals surface area contributed by atoms with Gasteiger partial charge in [-0.25, -0.2) is 24.0 Å². The fourth-order valence-electron chi connectivity index (χ4n) is 2.43. The zero-order chi connectivity index (χ0) is 17.9. The maximum atomic E-state index is 13.1. The minimum absolute atomic E-state index is 0.275. The number of hydrogen-bond donors (Lipinski definition) is 1. The lowest BCUT2D eigenvalue weighted by molar-refractivity contribution is 0.627. The quantitative estimate of drug-likeness (QED) is 0.581. The molecule has 0 aliphatic carbocycles. The van der Waals surface area contributed by atoms with Gasteiger partial charge in [-0.3, -0.25) is 0 Å². The summed E-state index contributed by atoms with van der Waals surface area (Å²) in [5.74, 6) is 0.257. The molecule has 6 nitrogen and oxygen atoms in total. The molecule has 1 N–H and O–H groups in total. The summed E-state index contributed by atoms with van der Waals surface area (Å²) in [5, 5.41) is 10.5. The lowest BCUT2D eigenvalue weighted by atomic mass is 10.2. The lowest BCUT2D eigenvalue weighted by Crippen LogP contribution is -2.03. The van der Waals surface area contributed by atoms with Crippen molar-refractivity contribution in [2.45, 2.75) is 13.5 Å². The van der Waals surface area contributed by atoms with Gasteiger partial charge in [0.15, 0.2) is 0 Å². The first-order valence-corrected chi connectivity index (χ1v) is 8.84. The van der Waals surface area contributed by atoms with Gasteiger partial charge in [0, 0.05) is 29.0 Å². The molecule has 3 heterocycles. The maximum absolute atomic E-state index is 13.1. The molecule has 0 saturated heterocycles. The molecule has 0 spiro atoms. The molecular formula is C18H15FN6S. The molecule has 0 unspecified atom stereocenters. The zero-order valence-electron chi connectivity index (χ0n) is 13.9. The highest BCUT2D eigenvalue weighted by Gasteiger charge is 2.07. The molecule has 4 rings (SSSR count). The van der Waals surface area contributed by atoms with Crippen LogP contribution >= 0.6 is 11.3 Å². The Morgan fingerprint density at radius 3 is 2.77 bits per heavy atom. The number of aryl methyl sites for hydroxylation is 1. The van der Waals surface area contributed by atoms with Gasteiger partial charge in [-0.15, -0.1) is 11.3 Å². The third-order valence-electron chi connectivity index (χ3n) is 3.69. The first-order valence-electron chi connectivity index (χ1n) is 7.96. The molecule has 3 aromatic heterocycles. The van der Waals surface area contributed by atoms with Crippen LogP contribution in [0.1, 0.15) is 10.7 Å². The Labute approximate surface area is 153 Å². The van der Waals surface area contributed by atoms with Crippen LogP contribution in [0.15, 0.2) is 54.3 Å². The Hall–Kier alpha value is -3.13. The molecule has 0 aliphatic rings. The SMILES string of the molecule is Cc1csc(CNc2nccc(-c3cnn(-c4ccc(F)cc4)c3)n2)n1. The smallest absolute Gasteiger partial charge is 0.223 e. The van der Waals surface area contributed by atoms with Crippen LogP contribution in [0.3, 0.4) is 0 Å². The van der Waals surface area contributed by atoms with Crippen molar-refractivity contribution < 1.29 is 4.39 Å². The van der Waals surface area contributed by atoms with Crippen molar-refractivity contribution in [2.24, 2.45) is 0 Å². The molecule has 4 aromatic rings. The molecule has 0 saturated carbocycles. The van der Waals surface area contributed by atoms with E-state index in [4.69, 9.17) is 0 Å². The number of hydrogen-bond acceptors (Lipinski definition) is 6. The van der Waals surface area contributed by atoms with E-state index in [9.17, 15) is 4.39 Å². The van der Waals surface area contributed by atoms with Gasteiger partial charge >= 0.3 is 0 Å². The van der Waals surface area contributed by atoms with E-state index in [1.54, 1.807) is 40.5 Å². The number of aromatic nitrogens is 5. The molecule has 0 bridgehead atoms. The average molecular weight is 366 g/mol. The molecule has 0 radical (unpaired) electrons. The number of benzene rings is 1. The van der Waals surface area contributed by atoms with Crippen LogP contribution in [0.5, 0.6) is 0 Å². The number of halogens is 1. The molecule has 0 aliphatic heterocycles. The monoisotopic (exact) mass is 366 g/mol. The minimum atomic E-state index is -0.275. The standard InChI is InChI=1S/C18H15FN6S/c1-12-11-26-17(23-12)9-21-18-20-7-6-16(24-18)13-8-22-25(10-13)15-4-2-14(19)3-5-15/h2-8,10-11H,9H2,1H3,(H,20,21,24). The topological polar surface area (TPSA) is 68.5 Å². The summed E-state index contributed by atoms with van der Waals surface area (Å²) in [5.41, 5.74) is 3.40. The van der Waals surface area contributed by atoms with Crippen LogP contribution in [-0.2, 0) is 6.54 Å². The molecule has 130 valence electrons. The Morgan fingerprint density at radius 2 is 2.00 bits per heavy atom. The molecular weight excluding hydrogens is 351 g/mol. The van der Waals surface area contributed by atoms with E-state index in [1.807, 2.05) is 24.6 Å². The van der Waals surface area contributed by atoms with Crippen molar-refractivity contribution in [3.8, 4) is 16.9 Å². The van der Waals surface area contributed by atoms with Crippen molar-refractivity contribution in [1.82, 2.24) is 24.7 Å². The Kier molecular flexibility index (Phi) is 4.40. The second-order valence-corrected chi connectivity index (χ2v) is 6.59. The van der Waals surface area contributed by atoms with E-state index in [-0.39, 0.29) is 5.82 Å². The lowest BCUT2D eigenvalue weighted by Gasteiger charge is -2.04. The van der Waals surface area contributed by atoms with E-state index in [1.165, 1.54) is 12.1 Å². The normalized spacial score (nSPS) is 10.8. The third-order valence-corrected chi connectivity index (χ3v) is 4.66. The van der Waals surface area contributed by atoms with Gasteiger partial charge in [-0.2, -0.15) is 5.10 Å². The van der Waals surface area contributed by atoms with Crippen molar-refractivity contribution in [3.63, 3.8) is 0 Å². The second-order valence-electron chi connectivity index (χ2n) is 5.65. The van der Waals surface area contributed by atoms with Crippen LogP contribution in [0.4, 0.5) is 10.3 Å². The summed E-state index contributed by atoms with van der Waals surface area (Å²) in [6.07, 6.45) is 5.27. The van der Waals surface area contributed by atoms with Gasteiger partial charge in [0.05, 0.1) is 24.1 Å². The summed E-state index contributed by atoms with van der Waals surface area (Å²) < 4.78 is 14.7. The fraction of sp³-hybridized carbons (Fsp3) is 0.111. The first kappa shape index (κ1) is 16.3. The Morgan fingerprint density at radius 1 is 1.15 bits per heavy atom. The molecule has 1 aromatic carbocycles. The van der Waals surface area contributed by atoms with Crippen LogP contribution in [0.25, 0.3) is 16.9 Å². The van der Waals surface area contributed by atoms with Gasteiger partial charge in [-0.1, -0.05) is 0 Å². The van der Waals surface area contributed by atoms with Crippen LogP contribution in [-0.4, -0.2) is 24.7 Å². The van der Waals surface area contributed by atoms with Gasteiger partial charge in [0.1, 0.15) is 10.8 Å². The van der Waals surface area contributed by atoms with Crippen LogP contribution in [0, 0.1) is 12.7 Å². The zero-order valence-corrected chi connectivity index (χ0v) is 14.7. The number of nitrogens with one attached hydrogen (secondary N) is 1. The van der Waals surface area contributed by atoms with E-state index in [0.717, 1.165) is 27.6 Å². The van der Waals surface area contributed by atoms with E-state index < -0.39 is 0 Å². The second kappa shape index (κ2) is 7.01. The number of anilines is 1. The fourth-order valence-corrected chi connectivity index (χ4v) is 3.14. The highest BCUT2D eigenvalue weighted by molar-refractivity contribution is 7.09. The molecule has 8 heteroatoms. The molecule has 0 atom stereocenters. The van der Waals surface area contributed by atoms with E-state index in [2.05, 4.69) is 25.4 Å². The number of rotatable bonds is 5. The maximum Gasteiger partial charge on any atom is 0.223 e. The van der Waals surface area contributed by atoms with Crippen LogP contribution < -0.4 is 5.32 Å². The average Bonchev–Trinajstić information content (AvgIpc) is 3.30. The summed E-state index contributed by atoms with van der Waals surface area (Å²) in [7, 11) is 0. The van der Waals surface area contributed by atoms with Gasteiger partial charge in [0.2, 0.25) is 5.95 Å². The van der Waals surface area contributed by atoms with Gasteiger partial charge in [0.25, 0.3) is 0 Å². The highest BCUT2D eigenvalue weighted by Crippen LogP contribution is 2.19. The summed E-state index contributed by atoms with van der Waals surface area (Å²) >= 11 is 1.60. The molecule has 0 amide bonds. The van der Waals surface area contributed by atoms with Crippen LogP contribution in [0.2, 0.25) is 0 Å².